The van der Waals surface area contributed by atoms with Gasteiger partial charge in [0, 0.05) is 5.56 Å². The maximum atomic E-state index is 10.4. The molecular formula is C29H42O3. The summed E-state index contributed by atoms with van der Waals surface area (Å²) < 4.78 is 11.8. The maximum Gasteiger partial charge on any atom is 0.127 e. The molecule has 3 heteroatoms. The number of ether oxygens (including phenoxy) is 2. The molecule has 0 aromatic heterocycles. The van der Waals surface area contributed by atoms with Crippen LogP contribution in [0.1, 0.15) is 88.0 Å². The number of rotatable bonds is 9. The first-order valence-electron chi connectivity index (χ1n) is 12.3. The molecule has 1 saturated heterocycles. The van der Waals surface area contributed by atoms with Gasteiger partial charge in [-0.3, -0.25) is 0 Å². The van der Waals surface area contributed by atoms with E-state index in [1.54, 1.807) is 0 Å². The lowest BCUT2D eigenvalue weighted by Gasteiger charge is -2.38. The van der Waals surface area contributed by atoms with Crippen LogP contribution in [0, 0.1) is 20.8 Å². The Morgan fingerprint density at radius 3 is 2.25 bits per heavy atom. The highest BCUT2D eigenvalue weighted by atomic mass is 16.5. The van der Waals surface area contributed by atoms with E-state index in [-0.39, 0.29) is 5.60 Å². The summed E-state index contributed by atoms with van der Waals surface area (Å²) in [7, 11) is 0. The van der Waals surface area contributed by atoms with Crippen LogP contribution in [-0.2, 0) is 11.2 Å². The number of benzene rings is 1. The Labute approximate surface area is 195 Å². The first-order chi connectivity index (χ1) is 15.2. The Hall–Kier alpha value is -2.00. The molecule has 0 aliphatic carbocycles. The molecule has 1 fully saturated rings. The summed E-state index contributed by atoms with van der Waals surface area (Å²) >= 11 is 0. The average Bonchev–Trinajstić information content (AvgIpc) is 2.72. The molecule has 0 saturated carbocycles. The van der Waals surface area contributed by atoms with Gasteiger partial charge >= 0.3 is 0 Å². The van der Waals surface area contributed by atoms with E-state index in [0.717, 1.165) is 87.0 Å². The highest BCUT2D eigenvalue weighted by molar-refractivity contribution is 5.58. The fraction of sp³-hybridized carbons (Fsp3) is 0.586. The minimum atomic E-state index is -0.138. The lowest BCUT2D eigenvalue weighted by atomic mass is 9.85. The number of allylic oxidation sites excluding steroid dienone is 5. The van der Waals surface area contributed by atoms with Gasteiger partial charge in [0.15, 0.2) is 0 Å². The summed E-state index contributed by atoms with van der Waals surface area (Å²) in [5, 5.41) is 10.4. The normalized spacial score (nSPS) is 21.1. The highest BCUT2D eigenvalue weighted by Crippen LogP contribution is 2.44. The van der Waals surface area contributed by atoms with Gasteiger partial charge < -0.3 is 14.6 Å². The highest BCUT2D eigenvalue weighted by Gasteiger charge is 2.33. The molecule has 2 aliphatic rings. The van der Waals surface area contributed by atoms with Crippen LogP contribution in [0.5, 0.6) is 11.5 Å². The van der Waals surface area contributed by atoms with E-state index in [1.165, 1.54) is 22.3 Å². The molecule has 0 spiro atoms. The SMILES string of the molecule is C/C(=C\CC/C(C)=C/CC[C@]1(C)CCc2c(C)c(O)c(C)c(C)c2O1)CCC=C1COC1. The third kappa shape index (κ3) is 6.07. The summed E-state index contributed by atoms with van der Waals surface area (Å²) in [4.78, 5) is 0. The fourth-order valence-corrected chi connectivity index (χ4v) is 4.69. The van der Waals surface area contributed by atoms with Gasteiger partial charge in [-0.15, -0.1) is 0 Å². The van der Waals surface area contributed by atoms with Crippen LogP contribution in [0.3, 0.4) is 0 Å². The quantitative estimate of drug-likeness (QED) is 0.404. The lowest BCUT2D eigenvalue weighted by molar-refractivity contribution is 0.0558. The first-order valence-corrected chi connectivity index (χ1v) is 12.3. The van der Waals surface area contributed by atoms with E-state index in [2.05, 4.69) is 45.9 Å². The Balaban J connectivity index is 1.46. The van der Waals surface area contributed by atoms with Gasteiger partial charge in [-0.1, -0.05) is 29.4 Å². The van der Waals surface area contributed by atoms with Crippen LogP contribution < -0.4 is 4.74 Å². The van der Waals surface area contributed by atoms with Gasteiger partial charge in [-0.25, -0.2) is 0 Å². The Morgan fingerprint density at radius 1 is 0.938 bits per heavy atom. The van der Waals surface area contributed by atoms with Crippen molar-refractivity contribution in [2.75, 3.05) is 13.2 Å². The van der Waals surface area contributed by atoms with Crippen molar-refractivity contribution in [2.45, 2.75) is 98.5 Å². The summed E-state index contributed by atoms with van der Waals surface area (Å²) in [6, 6.07) is 0. The van der Waals surface area contributed by atoms with E-state index < -0.39 is 0 Å². The number of phenols is 1. The zero-order valence-electron chi connectivity index (χ0n) is 21.1. The van der Waals surface area contributed by atoms with Crippen molar-refractivity contribution >= 4 is 0 Å². The molecule has 32 heavy (non-hydrogen) atoms. The molecule has 1 atom stereocenters. The average molecular weight is 439 g/mol. The van der Waals surface area contributed by atoms with Crippen LogP contribution in [0.2, 0.25) is 0 Å². The smallest absolute Gasteiger partial charge is 0.127 e. The van der Waals surface area contributed by atoms with Crippen molar-refractivity contribution < 1.29 is 14.6 Å². The number of phenolic OH excluding ortho intramolecular Hbond substituents is 1. The minimum Gasteiger partial charge on any atom is -0.507 e. The van der Waals surface area contributed by atoms with Gasteiger partial charge in [0.1, 0.15) is 17.1 Å². The Kier molecular flexibility index (Phi) is 8.27. The summed E-state index contributed by atoms with van der Waals surface area (Å²) in [5.41, 5.74) is 8.47. The molecule has 0 radical (unpaired) electrons. The molecule has 1 aromatic rings. The predicted molar refractivity (Wildman–Crippen MR) is 134 cm³/mol. The van der Waals surface area contributed by atoms with Crippen LogP contribution in [0.4, 0.5) is 0 Å². The van der Waals surface area contributed by atoms with Crippen LogP contribution in [-0.4, -0.2) is 23.9 Å². The second-order valence-corrected chi connectivity index (χ2v) is 10.2. The van der Waals surface area contributed by atoms with Crippen molar-refractivity contribution in [1.29, 1.82) is 0 Å². The van der Waals surface area contributed by atoms with E-state index in [1.807, 2.05) is 13.8 Å². The van der Waals surface area contributed by atoms with E-state index in [4.69, 9.17) is 9.47 Å². The zero-order chi connectivity index (χ0) is 23.3. The van der Waals surface area contributed by atoms with Crippen molar-refractivity contribution in [1.82, 2.24) is 0 Å². The molecule has 0 unspecified atom stereocenters. The minimum absolute atomic E-state index is 0.138. The van der Waals surface area contributed by atoms with Crippen molar-refractivity contribution in [2.24, 2.45) is 0 Å². The standard InChI is InChI=1S/C29H42O3/c1-20(12-8-14-25-18-31-19-25)10-7-11-21(2)13-9-16-29(6)17-15-26-24(5)27(30)22(3)23(4)28(26)32-29/h10,13-14,30H,7-9,11-12,15-19H2,1-6H3/b20-10+,21-13+/t29-/m1/s1. The molecule has 176 valence electrons. The van der Waals surface area contributed by atoms with Gasteiger partial charge in [-0.05, 0) is 115 Å². The zero-order valence-corrected chi connectivity index (χ0v) is 21.1. The molecule has 2 aliphatic heterocycles. The van der Waals surface area contributed by atoms with Gasteiger partial charge in [0.25, 0.3) is 0 Å². The number of aromatic hydroxyl groups is 1. The molecule has 2 heterocycles. The van der Waals surface area contributed by atoms with Crippen LogP contribution in [0.15, 0.2) is 34.9 Å². The van der Waals surface area contributed by atoms with Crippen LogP contribution in [0.25, 0.3) is 0 Å². The van der Waals surface area contributed by atoms with E-state index in [0.29, 0.717) is 5.75 Å². The van der Waals surface area contributed by atoms with Crippen molar-refractivity contribution in [3.05, 3.63) is 57.2 Å². The first kappa shape index (κ1) is 24.6. The third-order valence-corrected chi connectivity index (χ3v) is 7.34. The topological polar surface area (TPSA) is 38.7 Å². The van der Waals surface area contributed by atoms with E-state index >= 15 is 0 Å². The third-order valence-electron chi connectivity index (χ3n) is 7.34. The largest absolute Gasteiger partial charge is 0.507 e. The number of hydrogen-bond donors (Lipinski definition) is 1. The molecule has 3 nitrogen and oxygen atoms in total. The number of fused-ring (bicyclic) bond motifs is 1. The molecule has 0 bridgehead atoms. The monoisotopic (exact) mass is 438 g/mol. The molecule has 1 N–H and O–H groups in total. The van der Waals surface area contributed by atoms with Gasteiger partial charge in [0.2, 0.25) is 0 Å². The molecule has 3 rings (SSSR count). The van der Waals surface area contributed by atoms with Crippen LogP contribution >= 0.6 is 0 Å². The second-order valence-electron chi connectivity index (χ2n) is 10.2. The van der Waals surface area contributed by atoms with Crippen molar-refractivity contribution in [3.63, 3.8) is 0 Å². The molecule has 0 amide bonds. The lowest BCUT2D eigenvalue weighted by Crippen LogP contribution is -2.37. The maximum absolute atomic E-state index is 10.4. The summed E-state index contributed by atoms with van der Waals surface area (Å²) in [5.74, 6) is 1.44. The molecular weight excluding hydrogens is 396 g/mol. The van der Waals surface area contributed by atoms with Gasteiger partial charge in [-0.2, -0.15) is 0 Å². The Morgan fingerprint density at radius 2 is 1.59 bits per heavy atom. The van der Waals surface area contributed by atoms with E-state index in [9.17, 15) is 5.11 Å². The van der Waals surface area contributed by atoms with Crippen molar-refractivity contribution in [3.8, 4) is 11.5 Å². The predicted octanol–water partition coefficient (Wildman–Crippen LogP) is 7.59. The number of hydrogen-bond acceptors (Lipinski definition) is 3. The molecule has 1 aromatic carbocycles. The Bertz CT molecular complexity index is 913. The van der Waals surface area contributed by atoms with Gasteiger partial charge in [0.05, 0.1) is 13.2 Å². The summed E-state index contributed by atoms with van der Waals surface area (Å²) in [6.45, 7) is 14.5. The summed E-state index contributed by atoms with van der Waals surface area (Å²) in [6.07, 6.45) is 15.7. The second kappa shape index (κ2) is 10.7. The fourth-order valence-electron chi connectivity index (χ4n) is 4.69.